The van der Waals surface area contributed by atoms with Crippen molar-refractivity contribution in [2.45, 2.75) is 18.6 Å². The van der Waals surface area contributed by atoms with Gasteiger partial charge in [-0.1, -0.05) is 48.0 Å². The van der Waals surface area contributed by atoms with Crippen molar-refractivity contribution in [3.8, 4) is 22.7 Å². The molecule has 1 amide bonds. The number of carbonyl (C=O) groups excluding carboxylic acids is 1. The Morgan fingerprint density at radius 3 is 2.38 bits per heavy atom. The first-order chi connectivity index (χ1) is 18.5. The van der Waals surface area contributed by atoms with Crippen LogP contribution >= 0.6 is 11.6 Å². The second-order valence-corrected chi connectivity index (χ2v) is 8.92. The molecule has 0 saturated carbocycles. The number of phenols is 1. The summed E-state index contributed by atoms with van der Waals surface area (Å²) in [5, 5.41) is 25.3. The molecule has 7 nitrogen and oxygen atoms in total. The number of rotatable bonds is 8. The van der Waals surface area contributed by atoms with Gasteiger partial charge in [-0.25, -0.2) is 9.48 Å². The van der Waals surface area contributed by atoms with Gasteiger partial charge in [0, 0.05) is 29.8 Å². The summed E-state index contributed by atoms with van der Waals surface area (Å²) in [4.78, 5) is 24.4. The molecule has 3 N–H and O–H groups in total. The Bertz CT molecular complexity index is 1520. The van der Waals surface area contributed by atoms with Gasteiger partial charge in [0.2, 0.25) is 5.91 Å². The van der Waals surface area contributed by atoms with Crippen molar-refractivity contribution in [2.24, 2.45) is 0 Å². The highest BCUT2D eigenvalue weighted by Crippen LogP contribution is 2.37. The summed E-state index contributed by atoms with van der Waals surface area (Å²) in [6, 6.07) is 16.9. The van der Waals surface area contributed by atoms with Crippen LogP contribution < -0.4 is 5.32 Å². The highest BCUT2D eigenvalue weighted by atomic mass is 35.5. The molecule has 0 aliphatic rings. The number of nitrogens with one attached hydrogen (secondary N) is 1. The van der Waals surface area contributed by atoms with Gasteiger partial charge in [-0.3, -0.25) is 4.79 Å². The lowest BCUT2D eigenvalue weighted by molar-refractivity contribution is -0.141. The molecule has 0 bridgehead atoms. The number of aromatic nitrogens is 2. The lowest BCUT2D eigenvalue weighted by Gasteiger charge is -2.13. The van der Waals surface area contributed by atoms with Crippen molar-refractivity contribution < 1.29 is 33.0 Å². The Labute approximate surface area is 225 Å². The standard InChI is InChI=1S/C28H21ClF3N3O4/c29-23-12-8-18(15-22(23)28(30,31)32)26-19(16-35(34-26)20-4-2-1-3-5-20)9-13-25(37)33-24(27(38)39)14-17-6-10-21(36)11-7-17/h1-13,15-16,24,36H,14H2,(H,33,37)(H,38,39)/b13-9+/t24-/m0/s1. The molecule has 4 rings (SSSR count). The van der Waals surface area contributed by atoms with Gasteiger partial charge in [0.25, 0.3) is 0 Å². The number of carboxylic acid groups (broad SMARTS) is 1. The van der Waals surface area contributed by atoms with Crippen LogP contribution in [0.15, 0.2) is 85.1 Å². The van der Waals surface area contributed by atoms with E-state index in [2.05, 4.69) is 10.4 Å². The van der Waals surface area contributed by atoms with Crippen LogP contribution in [0.2, 0.25) is 5.02 Å². The minimum atomic E-state index is -4.69. The number of alkyl halides is 3. The van der Waals surface area contributed by atoms with Gasteiger partial charge >= 0.3 is 12.1 Å². The van der Waals surface area contributed by atoms with Gasteiger partial charge < -0.3 is 15.5 Å². The maximum absolute atomic E-state index is 13.5. The Morgan fingerprint density at radius 2 is 1.74 bits per heavy atom. The van der Waals surface area contributed by atoms with Crippen molar-refractivity contribution >= 4 is 29.6 Å². The third kappa shape index (κ3) is 6.85. The zero-order valence-corrected chi connectivity index (χ0v) is 20.8. The SMILES string of the molecule is O=C(/C=C/c1cn(-c2ccccc2)nc1-c1ccc(Cl)c(C(F)(F)F)c1)N[C@@H](Cc1ccc(O)cc1)C(=O)O. The first kappa shape index (κ1) is 27.5. The third-order valence-electron chi connectivity index (χ3n) is 5.71. The van der Waals surface area contributed by atoms with Crippen LogP contribution in [0.4, 0.5) is 13.2 Å². The topological polar surface area (TPSA) is 104 Å². The van der Waals surface area contributed by atoms with Gasteiger partial charge in [0.15, 0.2) is 0 Å². The van der Waals surface area contributed by atoms with Gasteiger partial charge in [0.1, 0.15) is 11.8 Å². The summed E-state index contributed by atoms with van der Waals surface area (Å²) in [7, 11) is 0. The van der Waals surface area contributed by atoms with Crippen LogP contribution in [0.1, 0.15) is 16.7 Å². The lowest BCUT2D eigenvalue weighted by Crippen LogP contribution is -2.41. The molecule has 11 heteroatoms. The number of benzene rings is 3. The molecule has 1 aromatic heterocycles. The average molecular weight is 556 g/mol. The van der Waals surface area contributed by atoms with E-state index in [4.69, 9.17) is 11.6 Å². The molecule has 0 aliphatic carbocycles. The highest BCUT2D eigenvalue weighted by Gasteiger charge is 2.33. The zero-order chi connectivity index (χ0) is 28.2. The fourth-order valence-electron chi connectivity index (χ4n) is 3.79. The summed E-state index contributed by atoms with van der Waals surface area (Å²) in [6.07, 6.45) is -0.741. The molecule has 0 unspecified atom stereocenters. The summed E-state index contributed by atoms with van der Waals surface area (Å²) in [5.41, 5.74) is 0.782. The Morgan fingerprint density at radius 1 is 1.05 bits per heavy atom. The van der Waals surface area contributed by atoms with E-state index < -0.39 is 34.7 Å². The first-order valence-electron chi connectivity index (χ1n) is 11.5. The summed E-state index contributed by atoms with van der Waals surface area (Å²) in [6.45, 7) is 0. The van der Waals surface area contributed by atoms with Crippen LogP contribution in [0, 0.1) is 0 Å². The fourth-order valence-corrected chi connectivity index (χ4v) is 4.01. The van der Waals surface area contributed by atoms with Gasteiger partial charge in [0.05, 0.1) is 22.0 Å². The van der Waals surface area contributed by atoms with Crippen LogP contribution in [-0.4, -0.2) is 37.9 Å². The van der Waals surface area contributed by atoms with E-state index in [1.54, 1.807) is 48.7 Å². The fraction of sp³-hybridized carbons (Fsp3) is 0.107. The molecule has 200 valence electrons. The summed E-state index contributed by atoms with van der Waals surface area (Å²) in [5.74, 6) is -1.97. The van der Waals surface area contributed by atoms with E-state index in [1.165, 1.54) is 29.0 Å². The molecule has 0 spiro atoms. The number of nitrogens with zero attached hydrogens (tertiary/aromatic N) is 2. The van der Waals surface area contributed by atoms with Crippen molar-refractivity contribution in [3.63, 3.8) is 0 Å². The molecule has 4 aromatic rings. The van der Waals surface area contributed by atoms with Gasteiger partial charge in [-0.15, -0.1) is 0 Å². The largest absolute Gasteiger partial charge is 0.508 e. The van der Waals surface area contributed by atoms with Crippen molar-refractivity contribution in [1.29, 1.82) is 0 Å². The minimum Gasteiger partial charge on any atom is -0.508 e. The Balaban J connectivity index is 1.64. The number of aromatic hydroxyl groups is 1. The molecule has 3 aromatic carbocycles. The molecule has 0 radical (unpaired) electrons. The second-order valence-electron chi connectivity index (χ2n) is 8.51. The average Bonchev–Trinajstić information content (AvgIpc) is 3.33. The highest BCUT2D eigenvalue weighted by molar-refractivity contribution is 6.31. The number of halogens is 4. The maximum Gasteiger partial charge on any atom is 0.417 e. The molecule has 39 heavy (non-hydrogen) atoms. The lowest BCUT2D eigenvalue weighted by atomic mass is 10.0. The van der Waals surface area contributed by atoms with E-state index in [0.29, 0.717) is 16.8 Å². The van der Waals surface area contributed by atoms with Gasteiger partial charge in [-0.2, -0.15) is 18.3 Å². The van der Waals surface area contributed by atoms with Crippen molar-refractivity contribution in [3.05, 3.63) is 107 Å². The van der Waals surface area contributed by atoms with E-state index in [0.717, 1.165) is 18.2 Å². The first-order valence-corrected chi connectivity index (χ1v) is 11.9. The number of aliphatic carboxylic acids is 1. The number of para-hydroxylation sites is 1. The Kier molecular flexibility index (Phi) is 8.06. The summed E-state index contributed by atoms with van der Waals surface area (Å²) >= 11 is 5.78. The van der Waals surface area contributed by atoms with E-state index in [9.17, 15) is 33.0 Å². The Hall–Kier alpha value is -4.57. The minimum absolute atomic E-state index is 0.0208. The van der Waals surface area contributed by atoms with E-state index in [1.807, 2.05) is 0 Å². The van der Waals surface area contributed by atoms with Crippen molar-refractivity contribution in [1.82, 2.24) is 15.1 Å². The molecule has 0 aliphatic heterocycles. The number of carboxylic acids is 1. The number of hydrogen-bond acceptors (Lipinski definition) is 4. The third-order valence-corrected chi connectivity index (χ3v) is 6.04. The van der Waals surface area contributed by atoms with Gasteiger partial charge in [-0.05, 0) is 48.0 Å². The smallest absolute Gasteiger partial charge is 0.417 e. The summed E-state index contributed by atoms with van der Waals surface area (Å²) < 4.78 is 41.9. The molecular formula is C28H21ClF3N3O4. The number of hydrogen-bond donors (Lipinski definition) is 3. The zero-order valence-electron chi connectivity index (χ0n) is 20.1. The monoisotopic (exact) mass is 555 g/mol. The molecule has 0 fully saturated rings. The molecular weight excluding hydrogens is 535 g/mol. The van der Waals surface area contributed by atoms with E-state index in [-0.39, 0.29) is 23.4 Å². The van der Waals surface area contributed by atoms with E-state index >= 15 is 0 Å². The van der Waals surface area contributed by atoms with Crippen LogP contribution in [-0.2, 0) is 22.2 Å². The maximum atomic E-state index is 13.5. The van der Waals surface area contributed by atoms with Crippen molar-refractivity contribution in [2.75, 3.05) is 0 Å². The van der Waals surface area contributed by atoms with Crippen LogP contribution in [0.5, 0.6) is 5.75 Å². The number of phenolic OH excluding ortho intramolecular Hbond substituents is 1. The second kappa shape index (κ2) is 11.4. The molecule has 1 atom stereocenters. The molecule has 0 saturated heterocycles. The van der Waals surface area contributed by atoms with Crippen LogP contribution in [0.3, 0.4) is 0 Å². The quantitative estimate of drug-likeness (QED) is 0.240. The predicted molar refractivity (Wildman–Crippen MR) is 139 cm³/mol. The molecule has 1 heterocycles. The normalized spacial score (nSPS) is 12.4. The van der Waals surface area contributed by atoms with Crippen LogP contribution in [0.25, 0.3) is 23.0 Å². The number of amides is 1. The number of carbonyl (C=O) groups is 2. The predicted octanol–water partition coefficient (Wildman–Crippen LogP) is 5.74.